The van der Waals surface area contributed by atoms with Gasteiger partial charge in [0.25, 0.3) is 0 Å². The predicted molar refractivity (Wildman–Crippen MR) is 149 cm³/mol. The minimum atomic E-state index is -0.860. The van der Waals surface area contributed by atoms with Crippen LogP contribution in [0.3, 0.4) is 0 Å². The van der Waals surface area contributed by atoms with Gasteiger partial charge in [0.15, 0.2) is 5.82 Å². The van der Waals surface area contributed by atoms with Crippen molar-refractivity contribution in [3.63, 3.8) is 0 Å². The van der Waals surface area contributed by atoms with Gasteiger partial charge in [-0.15, -0.1) is 0 Å². The first kappa shape index (κ1) is 27.0. The number of amides is 2. The zero-order chi connectivity index (χ0) is 27.7. The van der Waals surface area contributed by atoms with E-state index in [0.717, 1.165) is 28.6 Å². The molecule has 0 spiro atoms. The lowest BCUT2D eigenvalue weighted by Gasteiger charge is -2.35. The Labute approximate surface area is 231 Å². The number of anilines is 1. The second kappa shape index (κ2) is 11.3. The highest BCUT2D eigenvalue weighted by Crippen LogP contribution is 2.37. The standard InChI is InChI=1S/C31H30ClF2N3O2/c1-18(2)21-7-5-9-27(26-16-19(12-14-35-26)22-6-3-4-8-25(22)36-31(21)39)37-15-13-20(17-28(37)38)29-24(33)11-10-23(32)30(29)34/h3-4,6,8,10-12,14,16-18,21,27H,5,7,9,13,15H2,1-2H3,(H,36,39)/t21-,27-/m0/s1. The molecule has 2 amide bonds. The van der Waals surface area contributed by atoms with Gasteiger partial charge in [0, 0.05) is 36.0 Å². The van der Waals surface area contributed by atoms with Crippen molar-refractivity contribution in [1.82, 2.24) is 9.88 Å². The molecule has 5 rings (SSSR count). The normalized spacial score (nSPS) is 20.1. The molecule has 0 radical (unpaired) electrons. The average Bonchev–Trinajstić information content (AvgIpc) is 2.91. The van der Waals surface area contributed by atoms with Gasteiger partial charge < -0.3 is 10.2 Å². The van der Waals surface area contributed by atoms with Gasteiger partial charge in [0.05, 0.1) is 22.3 Å². The van der Waals surface area contributed by atoms with E-state index in [1.165, 1.54) is 12.1 Å². The highest BCUT2D eigenvalue weighted by Gasteiger charge is 2.32. The number of hydrogen-bond donors (Lipinski definition) is 1. The number of nitrogens with zero attached hydrogens (tertiary/aromatic N) is 2. The summed E-state index contributed by atoms with van der Waals surface area (Å²) in [6.45, 7) is 4.35. The Hall–Kier alpha value is -3.58. The van der Waals surface area contributed by atoms with E-state index in [4.69, 9.17) is 11.6 Å². The molecule has 0 saturated carbocycles. The molecular weight excluding hydrogens is 520 g/mol. The Morgan fingerprint density at radius 2 is 1.87 bits per heavy atom. The predicted octanol–water partition coefficient (Wildman–Crippen LogP) is 7.43. The monoisotopic (exact) mass is 549 g/mol. The number of pyridine rings is 1. The molecule has 8 heteroatoms. The van der Waals surface area contributed by atoms with Gasteiger partial charge in [-0.3, -0.25) is 14.6 Å². The summed E-state index contributed by atoms with van der Waals surface area (Å²) in [5, 5.41) is 2.94. The highest BCUT2D eigenvalue weighted by molar-refractivity contribution is 6.31. The Balaban J connectivity index is 1.54. The van der Waals surface area contributed by atoms with Crippen LogP contribution < -0.4 is 5.32 Å². The van der Waals surface area contributed by atoms with E-state index >= 15 is 0 Å². The van der Waals surface area contributed by atoms with Crippen LogP contribution in [0.1, 0.15) is 56.8 Å². The first-order chi connectivity index (χ1) is 18.7. The number of carbonyl (C=O) groups is 2. The van der Waals surface area contributed by atoms with E-state index < -0.39 is 11.6 Å². The van der Waals surface area contributed by atoms with Crippen LogP contribution in [0.5, 0.6) is 0 Å². The fourth-order valence-corrected chi connectivity index (χ4v) is 5.77. The minimum Gasteiger partial charge on any atom is -0.330 e. The molecule has 202 valence electrons. The molecule has 5 nitrogen and oxygen atoms in total. The van der Waals surface area contributed by atoms with Crippen LogP contribution in [0.4, 0.5) is 14.5 Å². The molecule has 0 saturated heterocycles. The summed E-state index contributed by atoms with van der Waals surface area (Å²) in [6.07, 6.45) is 5.25. The molecule has 39 heavy (non-hydrogen) atoms. The van der Waals surface area contributed by atoms with Crippen molar-refractivity contribution in [2.45, 2.75) is 45.6 Å². The maximum Gasteiger partial charge on any atom is 0.247 e. The van der Waals surface area contributed by atoms with Crippen molar-refractivity contribution in [3.05, 3.63) is 88.7 Å². The summed E-state index contributed by atoms with van der Waals surface area (Å²) < 4.78 is 29.2. The molecule has 2 atom stereocenters. The largest absolute Gasteiger partial charge is 0.330 e. The van der Waals surface area contributed by atoms with Gasteiger partial charge in [-0.25, -0.2) is 8.78 Å². The van der Waals surface area contributed by atoms with Gasteiger partial charge in [0.2, 0.25) is 11.8 Å². The molecule has 0 aliphatic carbocycles. The third-order valence-electron chi connectivity index (χ3n) is 7.70. The number of carbonyl (C=O) groups excluding carboxylic acids is 2. The van der Waals surface area contributed by atoms with E-state index in [2.05, 4.69) is 10.3 Å². The van der Waals surface area contributed by atoms with Crippen molar-refractivity contribution < 1.29 is 18.4 Å². The van der Waals surface area contributed by atoms with E-state index in [0.29, 0.717) is 19.3 Å². The number of hydrogen-bond acceptors (Lipinski definition) is 3. The third kappa shape index (κ3) is 5.46. The number of halogens is 3. The van der Waals surface area contributed by atoms with Crippen LogP contribution in [-0.2, 0) is 9.59 Å². The van der Waals surface area contributed by atoms with Crippen LogP contribution in [0, 0.1) is 23.5 Å². The average molecular weight is 550 g/mol. The molecule has 3 aromatic rings. The molecule has 3 heterocycles. The Bertz CT molecular complexity index is 1460. The number of nitrogens with one attached hydrogen (secondary N) is 1. The summed E-state index contributed by atoms with van der Waals surface area (Å²) in [5.41, 5.74) is 3.25. The van der Waals surface area contributed by atoms with Gasteiger partial charge in [-0.05, 0) is 66.6 Å². The number of fused-ring (bicyclic) bond motifs is 4. The SMILES string of the molecule is CC(C)[C@@H]1CCC[C@H](N2CCC(c3c(F)ccc(Cl)c3F)=CC2=O)c2cc(ccn2)-c2ccccc2NC1=O. The second-order valence-electron chi connectivity index (χ2n) is 10.5. The molecular formula is C31H30ClF2N3O2. The Morgan fingerprint density at radius 1 is 1.08 bits per heavy atom. The number of aromatic nitrogens is 1. The number of para-hydroxylation sites is 1. The molecule has 1 aromatic heterocycles. The molecule has 1 N–H and O–H groups in total. The fourth-order valence-electron chi connectivity index (χ4n) is 5.61. The van der Waals surface area contributed by atoms with Crippen LogP contribution in [-0.4, -0.2) is 28.2 Å². The molecule has 0 fully saturated rings. The highest BCUT2D eigenvalue weighted by atomic mass is 35.5. The van der Waals surface area contributed by atoms with Gasteiger partial charge in [0.1, 0.15) is 5.82 Å². The topological polar surface area (TPSA) is 62.3 Å². The minimum absolute atomic E-state index is 0.0175. The maximum absolute atomic E-state index is 14.7. The van der Waals surface area contributed by atoms with E-state index in [-0.39, 0.29) is 58.8 Å². The van der Waals surface area contributed by atoms with Crippen molar-refractivity contribution in [2.24, 2.45) is 11.8 Å². The lowest BCUT2D eigenvalue weighted by Crippen LogP contribution is -2.38. The van der Waals surface area contributed by atoms with E-state index in [1.807, 2.05) is 50.2 Å². The van der Waals surface area contributed by atoms with E-state index in [1.54, 1.807) is 11.1 Å². The van der Waals surface area contributed by atoms with Crippen molar-refractivity contribution in [2.75, 3.05) is 11.9 Å². The first-order valence-electron chi connectivity index (χ1n) is 13.3. The summed E-state index contributed by atoms with van der Waals surface area (Å²) in [6, 6.07) is 13.4. The van der Waals surface area contributed by atoms with Crippen molar-refractivity contribution in [1.29, 1.82) is 0 Å². The van der Waals surface area contributed by atoms with Gasteiger partial charge in [-0.2, -0.15) is 0 Å². The maximum atomic E-state index is 14.7. The van der Waals surface area contributed by atoms with Crippen LogP contribution in [0.25, 0.3) is 16.7 Å². The van der Waals surface area contributed by atoms with E-state index in [9.17, 15) is 18.4 Å². The fraction of sp³-hybridized carbons (Fsp3) is 0.323. The molecule has 2 bridgehead atoms. The zero-order valence-corrected chi connectivity index (χ0v) is 22.6. The second-order valence-corrected chi connectivity index (χ2v) is 10.9. The quantitative estimate of drug-likeness (QED) is 0.345. The van der Waals surface area contributed by atoms with Gasteiger partial charge >= 0.3 is 0 Å². The van der Waals surface area contributed by atoms with Crippen LogP contribution in [0.2, 0.25) is 5.02 Å². The zero-order valence-electron chi connectivity index (χ0n) is 21.9. The van der Waals surface area contributed by atoms with Gasteiger partial charge in [-0.1, -0.05) is 50.1 Å². The van der Waals surface area contributed by atoms with Crippen LogP contribution in [0.15, 0.2) is 60.8 Å². The summed E-state index contributed by atoms with van der Waals surface area (Å²) >= 11 is 5.90. The summed E-state index contributed by atoms with van der Waals surface area (Å²) in [4.78, 5) is 33.1. The summed E-state index contributed by atoms with van der Waals surface area (Å²) in [7, 11) is 0. The first-order valence-corrected chi connectivity index (χ1v) is 13.6. The van der Waals surface area contributed by atoms with Crippen molar-refractivity contribution >= 4 is 34.7 Å². The van der Waals surface area contributed by atoms with Crippen molar-refractivity contribution in [3.8, 4) is 11.1 Å². The lowest BCUT2D eigenvalue weighted by atomic mass is 9.87. The molecule has 0 unspecified atom stereocenters. The lowest BCUT2D eigenvalue weighted by molar-refractivity contribution is -0.129. The number of rotatable bonds is 3. The number of benzene rings is 2. The molecule has 2 aliphatic heterocycles. The summed E-state index contributed by atoms with van der Waals surface area (Å²) in [5.74, 6) is -2.02. The molecule has 2 aliphatic rings. The molecule has 2 aromatic carbocycles. The Kier molecular flexibility index (Phi) is 7.80. The third-order valence-corrected chi connectivity index (χ3v) is 7.99. The van der Waals surface area contributed by atoms with Crippen LogP contribution >= 0.6 is 11.6 Å². The smallest absolute Gasteiger partial charge is 0.247 e. The Morgan fingerprint density at radius 3 is 2.64 bits per heavy atom.